The minimum absolute atomic E-state index is 0.0665. The van der Waals surface area contributed by atoms with E-state index in [-0.39, 0.29) is 18.4 Å². The average molecular weight is 313 g/mol. The Hall–Kier alpha value is -2.89. The molecule has 6 heteroatoms. The summed E-state index contributed by atoms with van der Waals surface area (Å²) >= 11 is 0. The Labute approximate surface area is 134 Å². The predicted octanol–water partition coefficient (Wildman–Crippen LogP) is 2.40. The van der Waals surface area contributed by atoms with Crippen LogP contribution in [0, 0.1) is 13.8 Å². The molecule has 0 fully saturated rings. The van der Waals surface area contributed by atoms with E-state index >= 15 is 0 Å². The number of aromatic nitrogens is 1. The third kappa shape index (κ3) is 5.10. The summed E-state index contributed by atoms with van der Waals surface area (Å²) in [4.78, 5) is 25.2. The van der Waals surface area contributed by atoms with Crippen molar-refractivity contribution in [2.24, 2.45) is 0 Å². The van der Waals surface area contributed by atoms with E-state index < -0.39 is 0 Å². The molecular formula is C17H19N3O3. The molecule has 0 saturated carbocycles. The number of carbonyl (C=O) groups excluding carboxylic acids is 2. The minimum atomic E-state index is -0.335. The second kappa shape index (κ2) is 7.40. The van der Waals surface area contributed by atoms with Gasteiger partial charge in [0.05, 0.1) is 6.54 Å². The SMILES string of the molecule is Cc1ccc(/C=C/C(=O)N(C)CC(=O)Nc2cc(C)on2)cc1. The van der Waals surface area contributed by atoms with Gasteiger partial charge in [-0.2, -0.15) is 0 Å². The molecule has 120 valence electrons. The van der Waals surface area contributed by atoms with Gasteiger partial charge in [-0.1, -0.05) is 35.0 Å². The third-order valence-corrected chi connectivity index (χ3v) is 3.15. The normalized spacial score (nSPS) is 10.7. The average Bonchev–Trinajstić information content (AvgIpc) is 2.91. The lowest BCUT2D eigenvalue weighted by molar-refractivity contribution is -0.129. The van der Waals surface area contributed by atoms with Crippen LogP contribution in [0.25, 0.3) is 6.08 Å². The molecule has 1 N–H and O–H groups in total. The summed E-state index contributed by atoms with van der Waals surface area (Å²) in [5, 5.41) is 6.23. The van der Waals surface area contributed by atoms with Crippen LogP contribution in [0.3, 0.4) is 0 Å². The van der Waals surface area contributed by atoms with Crippen molar-refractivity contribution in [1.82, 2.24) is 10.1 Å². The number of amides is 2. The Bertz CT molecular complexity index is 717. The van der Waals surface area contributed by atoms with E-state index in [9.17, 15) is 9.59 Å². The maximum atomic E-state index is 12.0. The fourth-order valence-electron chi connectivity index (χ4n) is 1.87. The highest BCUT2D eigenvalue weighted by Gasteiger charge is 2.12. The van der Waals surface area contributed by atoms with Crippen molar-refractivity contribution in [3.8, 4) is 0 Å². The molecule has 1 aromatic heterocycles. The minimum Gasteiger partial charge on any atom is -0.360 e. The molecule has 2 rings (SSSR count). The molecule has 0 bridgehead atoms. The molecule has 0 saturated heterocycles. The lowest BCUT2D eigenvalue weighted by atomic mass is 10.1. The molecular weight excluding hydrogens is 294 g/mol. The van der Waals surface area contributed by atoms with Crippen LogP contribution in [-0.4, -0.2) is 35.5 Å². The van der Waals surface area contributed by atoms with E-state index in [4.69, 9.17) is 4.52 Å². The van der Waals surface area contributed by atoms with E-state index in [2.05, 4.69) is 10.5 Å². The molecule has 0 unspecified atom stereocenters. The molecule has 2 amide bonds. The first-order chi connectivity index (χ1) is 10.9. The van der Waals surface area contributed by atoms with E-state index in [1.807, 2.05) is 31.2 Å². The number of likely N-dealkylation sites (N-methyl/N-ethyl adjacent to an activating group) is 1. The van der Waals surface area contributed by atoms with Crippen LogP contribution in [0.2, 0.25) is 0 Å². The lowest BCUT2D eigenvalue weighted by Gasteiger charge is -2.13. The van der Waals surface area contributed by atoms with Gasteiger partial charge in [0.2, 0.25) is 11.8 Å². The zero-order valence-corrected chi connectivity index (χ0v) is 13.4. The standard InChI is InChI=1S/C17H19N3O3/c1-12-4-6-14(7-5-12)8-9-17(22)20(3)11-16(21)18-15-10-13(2)23-19-15/h4-10H,11H2,1-3H3,(H,18,19,21)/b9-8+. The number of rotatable bonds is 5. The summed E-state index contributed by atoms with van der Waals surface area (Å²) in [5.74, 6) is 0.351. The second-order valence-electron chi connectivity index (χ2n) is 5.31. The van der Waals surface area contributed by atoms with Crippen LogP contribution in [0.15, 0.2) is 40.9 Å². The maximum Gasteiger partial charge on any atom is 0.246 e. The number of nitrogens with one attached hydrogen (secondary N) is 1. The highest BCUT2D eigenvalue weighted by atomic mass is 16.5. The van der Waals surface area contributed by atoms with Crippen molar-refractivity contribution in [2.45, 2.75) is 13.8 Å². The van der Waals surface area contributed by atoms with Crippen molar-refractivity contribution in [3.05, 3.63) is 53.3 Å². The number of hydrogen-bond acceptors (Lipinski definition) is 4. The zero-order valence-electron chi connectivity index (χ0n) is 13.4. The van der Waals surface area contributed by atoms with Gasteiger partial charge >= 0.3 is 0 Å². The number of aryl methyl sites for hydroxylation is 2. The summed E-state index contributed by atoms with van der Waals surface area (Å²) in [7, 11) is 1.56. The number of nitrogens with zero attached hydrogens (tertiary/aromatic N) is 2. The van der Waals surface area contributed by atoms with Gasteiger partial charge in [0.15, 0.2) is 5.82 Å². The highest BCUT2D eigenvalue weighted by molar-refractivity contribution is 5.97. The number of hydrogen-bond donors (Lipinski definition) is 1. The zero-order chi connectivity index (χ0) is 16.8. The van der Waals surface area contributed by atoms with E-state index in [1.165, 1.54) is 11.0 Å². The molecule has 6 nitrogen and oxygen atoms in total. The first-order valence-corrected chi connectivity index (χ1v) is 7.17. The van der Waals surface area contributed by atoms with Crippen LogP contribution < -0.4 is 5.32 Å². The largest absolute Gasteiger partial charge is 0.360 e. The van der Waals surface area contributed by atoms with Gasteiger partial charge in [-0.15, -0.1) is 0 Å². The van der Waals surface area contributed by atoms with Crippen LogP contribution in [0.4, 0.5) is 5.82 Å². The summed E-state index contributed by atoms with van der Waals surface area (Å²) in [6.45, 7) is 3.67. The van der Waals surface area contributed by atoms with Crippen LogP contribution in [0.1, 0.15) is 16.9 Å². The molecule has 0 aliphatic carbocycles. The van der Waals surface area contributed by atoms with Gasteiger partial charge in [0.25, 0.3) is 0 Å². The van der Waals surface area contributed by atoms with E-state index in [0.717, 1.165) is 11.1 Å². The number of anilines is 1. The highest BCUT2D eigenvalue weighted by Crippen LogP contribution is 2.07. The smallest absolute Gasteiger partial charge is 0.246 e. The molecule has 2 aromatic rings. The van der Waals surface area contributed by atoms with Gasteiger partial charge in [-0.05, 0) is 25.5 Å². The van der Waals surface area contributed by atoms with E-state index in [0.29, 0.717) is 11.6 Å². The quantitative estimate of drug-likeness (QED) is 0.860. The molecule has 0 radical (unpaired) electrons. The monoisotopic (exact) mass is 313 g/mol. The molecule has 0 aliphatic heterocycles. The second-order valence-corrected chi connectivity index (χ2v) is 5.31. The van der Waals surface area contributed by atoms with Crippen molar-refractivity contribution in [2.75, 3.05) is 18.9 Å². The van der Waals surface area contributed by atoms with Crippen molar-refractivity contribution >= 4 is 23.7 Å². The summed E-state index contributed by atoms with van der Waals surface area (Å²) in [6, 6.07) is 9.41. The van der Waals surface area contributed by atoms with Gasteiger partial charge in [-0.3, -0.25) is 9.59 Å². The van der Waals surface area contributed by atoms with Crippen molar-refractivity contribution in [1.29, 1.82) is 0 Å². The molecule has 1 heterocycles. The number of carbonyl (C=O) groups is 2. The summed E-state index contributed by atoms with van der Waals surface area (Å²) in [6.07, 6.45) is 3.16. The fraction of sp³-hybridized carbons (Fsp3) is 0.235. The van der Waals surface area contributed by atoms with Crippen LogP contribution in [0.5, 0.6) is 0 Å². The van der Waals surface area contributed by atoms with Gasteiger partial charge in [0, 0.05) is 19.2 Å². The Balaban J connectivity index is 1.86. The molecule has 0 aliphatic rings. The molecule has 23 heavy (non-hydrogen) atoms. The molecule has 0 spiro atoms. The van der Waals surface area contributed by atoms with Crippen LogP contribution in [-0.2, 0) is 9.59 Å². The Morgan fingerprint density at radius 3 is 2.57 bits per heavy atom. The van der Waals surface area contributed by atoms with Gasteiger partial charge < -0.3 is 14.7 Å². The molecule has 0 atom stereocenters. The van der Waals surface area contributed by atoms with Crippen LogP contribution >= 0.6 is 0 Å². The van der Waals surface area contributed by atoms with Crippen molar-refractivity contribution in [3.63, 3.8) is 0 Å². The maximum absolute atomic E-state index is 12.0. The fourth-order valence-corrected chi connectivity index (χ4v) is 1.87. The first-order valence-electron chi connectivity index (χ1n) is 7.17. The van der Waals surface area contributed by atoms with E-state index in [1.54, 1.807) is 26.1 Å². The first kappa shape index (κ1) is 16.5. The van der Waals surface area contributed by atoms with Gasteiger partial charge in [-0.25, -0.2) is 0 Å². The Kier molecular flexibility index (Phi) is 5.30. The summed E-state index contributed by atoms with van der Waals surface area (Å²) < 4.78 is 4.86. The Morgan fingerprint density at radius 1 is 1.26 bits per heavy atom. The Morgan fingerprint density at radius 2 is 1.96 bits per heavy atom. The summed E-state index contributed by atoms with van der Waals surface area (Å²) in [5.41, 5.74) is 2.09. The van der Waals surface area contributed by atoms with Crippen molar-refractivity contribution < 1.29 is 14.1 Å². The topological polar surface area (TPSA) is 75.4 Å². The number of benzene rings is 1. The lowest BCUT2D eigenvalue weighted by Crippen LogP contribution is -2.33. The molecule has 1 aromatic carbocycles. The predicted molar refractivity (Wildman–Crippen MR) is 87.7 cm³/mol. The van der Waals surface area contributed by atoms with Gasteiger partial charge in [0.1, 0.15) is 5.76 Å². The third-order valence-electron chi connectivity index (χ3n) is 3.15.